The Morgan fingerprint density at radius 3 is 2.53 bits per heavy atom. The predicted octanol–water partition coefficient (Wildman–Crippen LogP) is 6.74. The molecular formula is C29H25Cl2FN2O4. The van der Waals surface area contributed by atoms with Gasteiger partial charge in [0.05, 0.1) is 34.5 Å². The Labute approximate surface area is 230 Å². The summed E-state index contributed by atoms with van der Waals surface area (Å²) < 4.78 is 19.3. The number of hydrogen-bond acceptors (Lipinski definition) is 4. The highest BCUT2D eigenvalue weighted by molar-refractivity contribution is 6.42. The number of anilines is 1. The van der Waals surface area contributed by atoms with Crippen molar-refractivity contribution in [2.45, 2.75) is 32.7 Å². The average molecular weight is 555 g/mol. The van der Waals surface area contributed by atoms with E-state index in [2.05, 4.69) is 5.32 Å². The van der Waals surface area contributed by atoms with Crippen LogP contribution in [0.1, 0.15) is 47.7 Å². The molecule has 0 aliphatic carbocycles. The Morgan fingerprint density at radius 2 is 1.82 bits per heavy atom. The molecule has 0 radical (unpaired) electrons. The highest BCUT2D eigenvalue weighted by Gasteiger charge is 2.37. The van der Waals surface area contributed by atoms with Gasteiger partial charge >= 0.3 is 5.97 Å². The maximum Gasteiger partial charge on any atom is 0.336 e. The van der Waals surface area contributed by atoms with Gasteiger partial charge in [0.1, 0.15) is 5.82 Å². The second kappa shape index (κ2) is 11.8. The number of nitrogens with one attached hydrogen (secondary N) is 1. The lowest BCUT2D eigenvalue weighted by molar-refractivity contribution is -0.140. The summed E-state index contributed by atoms with van der Waals surface area (Å²) in [5.74, 6) is -2.30. The molecule has 1 aliphatic heterocycles. The molecule has 6 nitrogen and oxygen atoms in total. The number of carbonyl (C=O) groups excluding carboxylic acids is 3. The van der Waals surface area contributed by atoms with Crippen LogP contribution in [0.4, 0.5) is 10.1 Å². The van der Waals surface area contributed by atoms with Gasteiger partial charge < -0.3 is 15.0 Å². The van der Waals surface area contributed by atoms with E-state index in [0.29, 0.717) is 38.0 Å². The molecule has 0 saturated carbocycles. The lowest BCUT2D eigenvalue weighted by Gasteiger charge is -2.34. The first kappa shape index (κ1) is 27.4. The zero-order valence-electron chi connectivity index (χ0n) is 20.8. The highest BCUT2D eigenvalue weighted by atomic mass is 35.5. The Bertz CT molecular complexity index is 1440. The van der Waals surface area contributed by atoms with Gasteiger partial charge in [0.25, 0.3) is 5.91 Å². The first-order valence-corrected chi connectivity index (χ1v) is 12.7. The highest BCUT2D eigenvalue weighted by Crippen LogP contribution is 2.39. The summed E-state index contributed by atoms with van der Waals surface area (Å²) in [7, 11) is 0. The molecule has 0 aromatic heterocycles. The Morgan fingerprint density at radius 1 is 1.05 bits per heavy atom. The summed E-state index contributed by atoms with van der Waals surface area (Å²) in [4.78, 5) is 40.6. The van der Waals surface area contributed by atoms with Gasteiger partial charge in [-0.05, 0) is 61.4 Å². The van der Waals surface area contributed by atoms with Gasteiger partial charge in [-0.2, -0.15) is 0 Å². The number of allylic oxidation sites excluding steroid dienone is 1. The molecular weight excluding hydrogens is 530 g/mol. The number of benzene rings is 3. The van der Waals surface area contributed by atoms with Crippen molar-refractivity contribution in [1.82, 2.24) is 4.90 Å². The monoisotopic (exact) mass is 554 g/mol. The minimum atomic E-state index is -0.551. The second-order valence-corrected chi connectivity index (χ2v) is 9.58. The van der Waals surface area contributed by atoms with E-state index in [0.717, 1.165) is 0 Å². The number of carbonyl (C=O) groups is 3. The van der Waals surface area contributed by atoms with Crippen molar-refractivity contribution in [2.75, 3.05) is 11.9 Å². The quantitative estimate of drug-likeness (QED) is 0.328. The molecule has 0 bridgehead atoms. The molecule has 2 amide bonds. The van der Waals surface area contributed by atoms with Gasteiger partial charge in [-0.3, -0.25) is 9.59 Å². The zero-order chi connectivity index (χ0) is 27.4. The van der Waals surface area contributed by atoms with E-state index in [1.807, 2.05) is 0 Å². The standard InChI is InChI=1S/C29H25Cl2FN2O4/c1-3-38-29(37)27-17(2)34(26(35)15-21(27)19-11-12-22(30)23(31)14-19)16-18-7-6-8-20(13-18)28(36)33-25-10-5-4-9-24(25)32/h4-14,21H,3,15-16H2,1-2H3,(H,33,36)/t21-/m1/s1. The van der Waals surface area contributed by atoms with Crippen LogP contribution in [0.5, 0.6) is 0 Å². The third kappa shape index (κ3) is 5.90. The SMILES string of the molecule is CCOC(=O)C1=C(C)N(Cc2cccc(C(=O)Nc3ccccc3F)c2)C(=O)C[C@@H]1c1ccc(Cl)c(Cl)c1. The third-order valence-electron chi connectivity index (χ3n) is 6.32. The van der Waals surface area contributed by atoms with Crippen LogP contribution in [0, 0.1) is 5.82 Å². The predicted molar refractivity (Wildman–Crippen MR) is 144 cm³/mol. The fourth-order valence-electron chi connectivity index (χ4n) is 4.44. The normalized spacial score (nSPS) is 15.4. The molecule has 3 aromatic carbocycles. The summed E-state index contributed by atoms with van der Waals surface area (Å²) >= 11 is 12.3. The van der Waals surface area contributed by atoms with Crippen LogP contribution in [0.15, 0.2) is 78.0 Å². The van der Waals surface area contributed by atoms with Crippen LogP contribution >= 0.6 is 23.2 Å². The molecule has 1 N–H and O–H groups in total. The first-order valence-electron chi connectivity index (χ1n) is 12.0. The van der Waals surface area contributed by atoms with Gasteiger partial charge in [0.2, 0.25) is 5.91 Å². The molecule has 0 fully saturated rings. The number of ether oxygens (including phenoxy) is 1. The van der Waals surface area contributed by atoms with Crippen molar-refractivity contribution in [3.63, 3.8) is 0 Å². The Balaban J connectivity index is 1.64. The maximum atomic E-state index is 14.0. The molecule has 1 atom stereocenters. The van der Waals surface area contributed by atoms with Crippen LogP contribution in [-0.2, 0) is 20.9 Å². The number of para-hydroxylation sites is 1. The molecule has 38 heavy (non-hydrogen) atoms. The summed E-state index contributed by atoms with van der Waals surface area (Å²) in [6.45, 7) is 3.72. The van der Waals surface area contributed by atoms with Crippen molar-refractivity contribution >= 4 is 46.7 Å². The van der Waals surface area contributed by atoms with Crippen LogP contribution in [0.25, 0.3) is 0 Å². The minimum absolute atomic E-state index is 0.0247. The lowest BCUT2D eigenvalue weighted by Crippen LogP contribution is -2.38. The molecule has 196 valence electrons. The second-order valence-electron chi connectivity index (χ2n) is 8.76. The number of rotatable bonds is 7. The largest absolute Gasteiger partial charge is 0.463 e. The lowest BCUT2D eigenvalue weighted by atomic mass is 9.83. The molecule has 0 spiro atoms. The van der Waals surface area contributed by atoms with Crippen molar-refractivity contribution in [1.29, 1.82) is 0 Å². The van der Waals surface area contributed by atoms with E-state index in [-0.39, 0.29) is 31.2 Å². The molecule has 4 rings (SSSR count). The van der Waals surface area contributed by atoms with E-state index in [1.165, 1.54) is 23.1 Å². The minimum Gasteiger partial charge on any atom is -0.463 e. The maximum absolute atomic E-state index is 14.0. The molecule has 0 saturated heterocycles. The third-order valence-corrected chi connectivity index (χ3v) is 7.06. The summed E-state index contributed by atoms with van der Waals surface area (Å²) in [6, 6.07) is 17.6. The Kier molecular flexibility index (Phi) is 8.49. The first-order chi connectivity index (χ1) is 18.2. The van der Waals surface area contributed by atoms with Gasteiger partial charge in [0, 0.05) is 23.6 Å². The van der Waals surface area contributed by atoms with Gasteiger partial charge in [-0.15, -0.1) is 0 Å². The number of halogens is 3. The van der Waals surface area contributed by atoms with Crippen molar-refractivity contribution in [3.05, 3.63) is 111 Å². The fourth-order valence-corrected chi connectivity index (χ4v) is 4.75. The van der Waals surface area contributed by atoms with Crippen LogP contribution in [0.2, 0.25) is 10.0 Å². The van der Waals surface area contributed by atoms with Crippen molar-refractivity contribution < 1.29 is 23.5 Å². The number of amides is 2. The van der Waals surface area contributed by atoms with E-state index in [1.54, 1.807) is 62.4 Å². The Hall–Kier alpha value is -3.68. The van der Waals surface area contributed by atoms with E-state index in [9.17, 15) is 18.8 Å². The molecule has 3 aromatic rings. The zero-order valence-corrected chi connectivity index (χ0v) is 22.3. The number of esters is 1. The van der Waals surface area contributed by atoms with Crippen molar-refractivity contribution in [3.8, 4) is 0 Å². The molecule has 1 heterocycles. The van der Waals surface area contributed by atoms with Crippen molar-refractivity contribution in [2.24, 2.45) is 0 Å². The van der Waals surface area contributed by atoms with Gasteiger partial charge in [-0.1, -0.05) is 53.5 Å². The number of hydrogen-bond donors (Lipinski definition) is 1. The molecule has 9 heteroatoms. The molecule has 0 unspecified atom stereocenters. The van der Waals surface area contributed by atoms with E-state index >= 15 is 0 Å². The topological polar surface area (TPSA) is 75.7 Å². The van der Waals surface area contributed by atoms with Gasteiger partial charge in [-0.25, -0.2) is 9.18 Å². The summed E-state index contributed by atoms with van der Waals surface area (Å²) in [6.07, 6.45) is 0.0247. The van der Waals surface area contributed by atoms with Crippen LogP contribution in [0.3, 0.4) is 0 Å². The average Bonchev–Trinajstić information content (AvgIpc) is 2.89. The summed E-state index contributed by atoms with van der Waals surface area (Å²) in [5, 5.41) is 3.25. The van der Waals surface area contributed by atoms with Gasteiger partial charge in [0.15, 0.2) is 0 Å². The summed E-state index contributed by atoms with van der Waals surface area (Å²) in [5.41, 5.74) is 2.53. The fraction of sp³-hybridized carbons (Fsp3) is 0.207. The number of nitrogens with zero attached hydrogens (tertiary/aromatic N) is 1. The van der Waals surface area contributed by atoms with Crippen LogP contribution < -0.4 is 5.32 Å². The van der Waals surface area contributed by atoms with E-state index in [4.69, 9.17) is 27.9 Å². The van der Waals surface area contributed by atoms with E-state index < -0.39 is 23.6 Å². The molecule has 1 aliphatic rings. The van der Waals surface area contributed by atoms with Crippen LogP contribution in [-0.4, -0.2) is 29.3 Å². The smallest absolute Gasteiger partial charge is 0.336 e.